The van der Waals surface area contributed by atoms with E-state index in [-0.39, 0.29) is 91.2 Å². The van der Waals surface area contributed by atoms with Crippen molar-refractivity contribution in [2.45, 2.75) is 0 Å². The topological polar surface area (TPSA) is 0 Å². The molecule has 5 heavy (non-hydrogen) atoms. The van der Waals surface area contributed by atoms with Gasteiger partial charge in [-0.1, -0.05) is 0 Å². The molecule has 0 nitrogen and oxygen atoms in total. The van der Waals surface area contributed by atoms with Gasteiger partial charge in [-0.3, -0.25) is 0 Å². The van der Waals surface area contributed by atoms with Gasteiger partial charge in [-0.2, -0.15) is 0 Å². The number of hydrogen-bond donors (Lipinski definition) is 0. The summed E-state index contributed by atoms with van der Waals surface area (Å²) in [6.45, 7) is 0. The Hall–Kier alpha value is 2.84. The fourth-order valence-corrected chi connectivity index (χ4v) is 0. The van der Waals surface area contributed by atoms with Crippen LogP contribution in [0.1, 0.15) is 0 Å². The molecule has 5 heteroatoms. The van der Waals surface area contributed by atoms with Gasteiger partial charge in [-0.15, -0.1) is 0 Å². The molecule has 1 radical (unpaired) electrons. The van der Waals surface area contributed by atoms with Crippen molar-refractivity contribution in [2.24, 2.45) is 0 Å². The molecule has 0 unspecified atom stereocenters. The average Bonchev–Trinajstić information content (AvgIpc) is 0. The Morgan fingerprint density at radius 2 is 1.00 bits per heavy atom. The zero-order chi connectivity index (χ0) is 0. The maximum atomic E-state index is 0. The van der Waals surface area contributed by atoms with Crippen LogP contribution in [0.3, 0.4) is 0 Å². The normalized spacial score (nSPS) is 0. The minimum Gasteiger partial charge on any atom is 0 e. The molecule has 0 heterocycles. The van der Waals surface area contributed by atoms with Crippen LogP contribution in [0.5, 0.6) is 0 Å². The molecular formula is CrFeNiTiV. The molecule has 0 bridgehead atoms. The van der Waals surface area contributed by atoms with Crippen LogP contribution in [0.2, 0.25) is 0 Å². The second kappa shape index (κ2) is 28.9. The molecule has 0 aromatic rings. The van der Waals surface area contributed by atoms with Crippen LogP contribution in [0.15, 0.2) is 0 Å². The van der Waals surface area contributed by atoms with Crippen LogP contribution < -0.4 is 0 Å². The quantitative estimate of drug-likeness (QED) is 0.540. The van der Waals surface area contributed by atoms with E-state index >= 15 is 0 Å². The summed E-state index contributed by atoms with van der Waals surface area (Å²) in [7, 11) is 0. The second-order valence-corrected chi connectivity index (χ2v) is 0. The third-order valence-corrected chi connectivity index (χ3v) is 0. The first-order chi connectivity index (χ1) is 0. The Kier molecular flexibility index (Phi) is 263. The molecule has 0 aromatic carbocycles. The van der Waals surface area contributed by atoms with Gasteiger partial charge in [-0.05, 0) is 0 Å². The first-order valence-electron chi connectivity index (χ1n) is 0. The van der Waals surface area contributed by atoms with Gasteiger partial charge in [0.2, 0.25) is 0 Å². The summed E-state index contributed by atoms with van der Waals surface area (Å²) in [5.74, 6) is 0. The fourth-order valence-electron chi connectivity index (χ4n) is 0. The van der Waals surface area contributed by atoms with Crippen molar-refractivity contribution in [3.05, 3.63) is 0 Å². The van der Waals surface area contributed by atoms with E-state index in [1.54, 1.807) is 0 Å². The molecule has 0 aliphatic rings. The van der Waals surface area contributed by atoms with Gasteiger partial charge < -0.3 is 0 Å². The minimum absolute atomic E-state index is 0. The summed E-state index contributed by atoms with van der Waals surface area (Å²) in [5.41, 5.74) is 0. The average molecular weight is 265 g/mol. The predicted octanol–water partition coefficient (Wildman–Crippen LogP) is -0.0125. The van der Waals surface area contributed by atoms with E-state index in [0.717, 1.165) is 0 Å². The van der Waals surface area contributed by atoms with Crippen LogP contribution in [0.4, 0.5) is 0 Å². The summed E-state index contributed by atoms with van der Waals surface area (Å²) >= 11 is 0. The number of rotatable bonds is 0. The molecule has 0 fully saturated rings. The third-order valence-electron chi connectivity index (χ3n) is 0. The smallest absolute Gasteiger partial charge is 0 e. The molecule has 0 saturated carbocycles. The number of hydrogen-bond acceptors (Lipinski definition) is 0. The van der Waals surface area contributed by atoms with Gasteiger partial charge in [-0.25, -0.2) is 0 Å². The molecule has 0 saturated heterocycles. The van der Waals surface area contributed by atoms with E-state index in [2.05, 4.69) is 0 Å². The Morgan fingerprint density at radius 3 is 1.00 bits per heavy atom. The molecule has 0 rings (SSSR count). The molecule has 0 aliphatic heterocycles. The Morgan fingerprint density at radius 1 is 1.00 bits per heavy atom. The van der Waals surface area contributed by atoms with Crippen molar-refractivity contribution in [3.8, 4) is 0 Å². The van der Waals surface area contributed by atoms with Crippen molar-refractivity contribution in [1.82, 2.24) is 0 Å². The van der Waals surface area contributed by atoms with Gasteiger partial charge >= 0.3 is 0 Å². The Balaban J connectivity index is 0. The maximum Gasteiger partial charge on any atom is 0 e. The van der Waals surface area contributed by atoms with Crippen molar-refractivity contribution in [3.63, 3.8) is 0 Å². The van der Waals surface area contributed by atoms with Crippen molar-refractivity contribution in [2.75, 3.05) is 0 Å². The SMILES string of the molecule is [Cr].[Fe].[Ni].[Ti].[V]. The van der Waals surface area contributed by atoms with Crippen LogP contribution in [-0.2, 0) is 91.2 Å². The zero-order valence-corrected chi connectivity index (χ0v) is 8.35. The van der Waals surface area contributed by atoms with E-state index in [9.17, 15) is 0 Å². The summed E-state index contributed by atoms with van der Waals surface area (Å²) in [6, 6.07) is 0. The van der Waals surface area contributed by atoms with E-state index in [0.29, 0.717) is 0 Å². The van der Waals surface area contributed by atoms with Gasteiger partial charge in [0.15, 0.2) is 0 Å². The first kappa shape index (κ1) is 45.4. The third kappa shape index (κ3) is 19.9. The molecule has 0 atom stereocenters. The van der Waals surface area contributed by atoms with Gasteiger partial charge in [0, 0.05) is 91.2 Å². The standard InChI is InChI=1S/Cr.Fe.Ni.Ti.V. The zero-order valence-electron chi connectivity index (χ0n) is 2.03. The molecule has 0 N–H and O–H groups in total. The summed E-state index contributed by atoms with van der Waals surface area (Å²) in [5, 5.41) is 0. The first-order valence-corrected chi connectivity index (χ1v) is 0. The van der Waals surface area contributed by atoms with E-state index in [1.165, 1.54) is 0 Å². The van der Waals surface area contributed by atoms with Gasteiger partial charge in [0.05, 0.1) is 0 Å². The summed E-state index contributed by atoms with van der Waals surface area (Å²) < 4.78 is 0. The van der Waals surface area contributed by atoms with Gasteiger partial charge in [0.1, 0.15) is 0 Å². The molecular weight excluding hydrogens is 265 g/mol. The van der Waals surface area contributed by atoms with Crippen LogP contribution in [-0.4, -0.2) is 0 Å². The molecule has 0 aromatic heterocycles. The van der Waals surface area contributed by atoms with Gasteiger partial charge in [0.25, 0.3) is 0 Å². The predicted molar refractivity (Wildman–Crippen MR) is 0 cm³/mol. The minimum atomic E-state index is 0. The largest absolute Gasteiger partial charge is 0 e. The maximum absolute atomic E-state index is 0. The van der Waals surface area contributed by atoms with Crippen LogP contribution in [0, 0.1) is 0 Å². The Labute approximate surface area is 89.9 Å². The van der Waals surface area contributed by atoms with E-state index in [4.69, 9.17) is 0 Å². The fraction of sp³-hybridized carbons (Fsp3) is 0. The molecule has 0 amide bonds. The summed E-state index contributed by atoms with van der Waals surface area (Å²) in [4.78, 5) is 0. The van der Waals surface area contributed by atoms with Crippen LogP contribution >= 0.6 is 0 Å². The monoisotopic (exact) mass is 265 g/mol. The molecule has 0 spiro atoms. The second-order valence-electron chi connectivity index (χ2n) is 0. The van der Waals surface area contributed by atoms with Crippen molar-refractivity contribution < 1.29 is 91.2 Å². The van der Waals surface area contributed by atoms with Crippen LogP contribution in [0.25, 0.3) is 0 Å². The van der Waals surface area contributed by atoms with E-state index < -0.39 is 0 Å². The Bertz CT molecular complexity index is 11.6. The van der Waals surface area contributed by atoms with E-state index in [1.807, 2.05) is 0 Å². The molecule has 33 valence electrons. The van der Waals surface area contributed by atoms with Crippen molar-refractivity contribution >= 4 is 0 Å². The van der Waals surface area contributed by atoms with Crippen molar-refractivity contribution in [1.29, 1.82) is 0 Å². The summed E-state index contributed by atoms with van der Waals surface area (Å²) in [6.07, 6.45) is 0. The molecule has 0 aliphatic carbocycles.